The molecule has 108 valence electrons. The molecular weight excluding hydrogens is 278 g/mol. The minimum Gasteiger partial charge on any atom is -0.480 e. The summed E-state index contributed by atoms with van der Waals surface area (Å²) in [4.78, 5) is 16.5. The zero-order valence-corrected chi connectivity index (χ0v) is 12.5. The topological polar surface area (TPSA) is 67.4 Å². The van der Waals surface area contributed by atoms with Gasteiger partial charge in [0.25, 0.3) is 0 Å². The molecule has 6 nitrogen and oxygen atoms in total. The van der Waals surface area contributed by atoms with Gasteiger partial charge in [0.05, 0.1) is 14.2 Å². The third kappa shape index (κ3) is 3.37. The summed E-state index contributed by atoms with van der Waals surface area (Å²) in [7, 11) is 4.98. The van der Waals surface area contributed by atoms with Gasteiger partial charge in [-0.2, -0.15) is 4.37 Å². The molecule has 0 fully saturated rings. The molecule has 1 N–H and O–H groups in total. The first-order chi connectivity index (χ1) is 9.63. The molecule has 2 heterocycles. The van der Waals surface area contributed by atoms with Crippen molar-refractivity contribution in [2.24, 2.45) is 0 Å². The maximum absolute atomic E-state index is 11.4. The highest BCUT2D eigenvalue weighted by Gasteiger charge is 2.12. The number of nitrogens with one attached hydrogen (secondary N) is 1. The van der Waals surface area contributed by atoms with Gasteiger partial charge in [-0.3, -0.25) is 4.90 Å². The average molecular weight is 295 g/mol. The molecule has 0 saturated heterocycles. The number of aromatic nitrogens is 2. The highest BCUT2D eigenvalue weighted by atomic mass is 32.1. The average Bonchev–Trinajstić information content (AvgIpc) is 3.06. The minimum atomic E-state index is -0.359. The second kappa shape index (κ2) is 6.53. The van der Waals surface area contributed by atoms with Crippen LogP contribution in [0.2, 0.25) is 0 Å². The molecule has 0 radical (unpaired) electrons. The van der Waals surface area contributed by atoms with Crippen LogP contribution < -0.4 is 4.74 Å². The predicted molar refractivity (Wildman–Crippen MR) is 76.0 cm³/mol. The van der Waals surface area contributed by atoms with E-state index in [0.29, 0.717) is 18.1 Å². The summed E-state index contributed by atoms with van der Waals surface area (Å²) >= 11 is 1.38. The quantitative estimate of drug-likeness (QED) is 0.824. The highest BCUT2D eigenvalue weighted by molar-refractivity contribution is 7.03. The Morgan fingerprint density at radius 3 is 2.90 bits per heavy atom. The molecule has 0 aliphatic heterocycles. The maximum atomic E-state index is 11.4. The van der Waals surface area contributed by atoms with E-state index < -0.39 is 0 Å². The van der Waals surface area contributed by atoms with Crippen LogP contribution >= 0.6 is 11.5 Å². The molecule has 2 aromatic rings. The van der Waals surface area contributed by atoms with Crippen molar-refractivity contribution in [2.75, 3.05) is 21.3 Å². The molecule has 0 aliphatic carbocycles. The van der Waals surface area contributed by atoms with E-state index in [0.717, 1.165) is 17.8 Å². The predicted octanol–water partition coefficient (Wildman–Crippen LogP) is 1.90. The first-order valence-corrected chi connectivity index (χ1v) is 6.89. The number of H-pyrrole nitrogens is 1. The lowest BCUT2D eigenvalue weighted by molar-refractivity contribution is 0.0594. The first kappa shape index (κ1) is 14.5. The van der Waals surface area contributed by atoms with Crippen molar-refractivity contribution in [3.8, 4) is 5.88 Å². The summed E-state index contributed by atoms with van der Waals surface area (Å²) in [5.41, 5.74) is 2.47. The molecule has 0 atom stereocenters. The third-order valence-electron chi connectivity index (χ3n) is 2.83. The largest absolute Gasteiger partial charge is 0.480 e. The smallest absolute Gasteiger partial charge is 0.354 e. The Morgan fingerprint density at radius 2 is 2.20 bits per heavy atom. The summed E-state index contributed by atoms with van der Waals surface area (Å²) < 4.78 is 14.0. The number of methoxy groups -OCH3 is 2. The van der Waals surface area contributed by atoms with E-state index in [9.17, 15) is 4.79 Å². The van der Waals surface area contributed by atoms with Crippen LogP contribution in [0.1, 0.15) is 21.7 Å². The number of hydrogen-bond donors (Lipinski definition) is 1. The Kier molecular flexibility index (Phi) is 4.75. The van der Waals surface area contributed by atoms with E-state index in [2.05, 4.69) is 19.0 Å². The number of hydrogen-bond acceptors (Lipinski definition) is 6. The van der Waals surface area contributed by atoms with Crippen molar-refractivity contribution in [1.82, 2.24) is 14.3 Å². The van der Waals surface area contributed by atoms with Crippen LogP contribution in [0.15, 0.2) is 17.5 Å². The van der Waals surface area contributed by atoms with Gasteiger partial charge in [-0.1, -0.05) is 0 Å². The zero-order valence-electron chi connectivity index (χ0n) is 11.7. The second-order valence-electron chi connectivity index (χ2n) is 4.41. The fourth-order valence-corrected chi connectivity index (χ4v) is 2.56. The Morgan fingerprint density at radius 1 is 1.40 bits per heavy atom. The SMILES string of the molecule is COC(=O)c1ccc(CN(C)Cc2csnc2OC)[nH]1. The number of carbonyl (C=O) groups is 1. The van der Waals surface area contributed by atoms with Crippen molar-refractivity contribution in [3.63, 3.8) is 0 Å². The molecule has 20 heavy (non-hydrogen) atoms. The van der Waals surface area contributed by atoms with Crippen molar-refractivity contribution in [2.45, 2.75) is 13.1 Å². The standard InChI is InChI=1S/C13H17N3O3S/c1-16(6-9-8-20-15-12(9)18-2)7-10-4-5-11(14-10)13(17)19-3/h4-5,8,14H,6-7H2,1-3H3. The summed E-state index contributed by atoms with van der Waals surface area (Å²) in [6.07, 6.45) is 0. The summed E-state index contributed by atoms with van der Waals surface area (Å²) in [5, 5.41) is 1.98. The van der Waals surface area contributed by atoms with E-state index >= 15 is 0 Å². The van der Waals surface area contributed by atoms with Crippen LogP contribution in [0, 0.1) is 0 Å². The summed E-state index contributed by atoms with van der Waals surface area (Å²) in [6.45, 7) is 1.42. The molecule has 0 unspecified atom stereocenters. The van der Waals surface area contributed by atoms with Crippen molar-refractivity contribution in [3.05, 3.63) is 34.5 Å². The van der Waals surface area contributed by atoms with Gasteiger partial charge in [-0.05, 0) is 30.7 Å². The second-order valence-corrected chi connectivity index (χ2v) is 5.04. The monoisotopic (exact) mass is 295 g/mol. The van der Waals surface area contributed by atoms with Gasteiger partial charge >= 0.3 is 5.97 Å². The van der Waals surface area contributed by atoms with Crippen molar-refractivity contribution < 1.29 is 14.3 Å². The molecule has 0 aromatic carbocycles. The Bertz CT molecular complexity index is 579. The first-order valence-electron chi connectivity index (χ1n) is 6.06. The number of ether oxygens (including phenoxy) is 2. The van der Waals surface area contributed by atoms with Crippen molar-refractivity contribution in [1.29, 1.82) is 0 Å². The molecule has 0 spiro atoms. The molecular formula is C13H17N3O3S. The lowest BCUT2D eigenvalue weighted by Crippen LogP contribution is -2.17. The Labute approximate surface area is 121 Å². The minimum absolute atomic E-state index is 0.359. The summed E-state index contributed by atoms with van der Waals surface area (Å²) in [6, 6.07) is 3.60. The van der Waals surface area contributed by atoms with Gasteiger partial charge in [0.15, 0.2) is 0 Å². The van der Waals surface area contributed by atoms with E-state index in [1.807, 2.05) is 18.5 Å². The van der Waals surface area contributed by atoms with Gasteiger partial charge in [-0.25, -0.2) is 4.79 Å². The number of aromatic amines is 1. The maximum Gasteiger partial charge on any atom is 0.354 e. The van der Waals surface area contributed by atoms with Gasteiger partial charge in [0, 0.05) is 29.7 Å². The number of carbonyl (C=O) groups excluding carboxylic acids is 1. The Hall–Kier alpha value is -1.86. The van der Waals surface area contributed by atoms with E-state index in [1.165, 1.54) is 18.6 Å². The number of esters is 1. The van der Waals surface area contributed by atoms with E-state index in [-0.39, 0.29) is 5.97 Å². The van der Waals surface area contributed by atoms with Gasteiger partial charge in [0.2, 0.25) is 5.88 Å². The molecule has 7 heteroatoms. The molecule has 2 rings (SSSR count). The van der Waals surface area contributed by atoms with E-state index in [1.54, 1.807) is 13.2 Å². The molecule has 0 aliphatic rings. The fourth-order valence-electron chi connectivity index (χ4n) is 1.92. The molecule has 0 amide bonds. The molecule has 0 bridgehead atoms. The highest BCUT2D eigenvalue weighted by Crippen LogP contribution is 2.20. The third-order valence-corrected chi connectivity index (χ3v) is 3.49. The van der Waals surface area contributed by atoms with Crippen molar-refractivity contribution >= 4 is 17.5 Å². The molecule has 2 aromatic heterocycles. The van der Waals surface area contributed by atoms with Crippen LogP contribution in [0.5, 0.6) is 5.88 Å². The Balaban J connectivity index is 1.96. The molecule has 0 saturated carbocycles. The number of rotatable bonds is 6. The van der Waals surface area contributed by atoms with Crippen LogP contribution in [-0.4, -0.2) is 41.5 Å². The fraction of sp³-hybridized carbons (Fsp3) is 0.385. The summed E-state index contributed by atoms with van der Waals surface area (Å²) in [5.74, 6) is 0.311. The number of nitrogens with zero attached hydrogens (tertiary/aromatic N) is 2. The zero-order chi connectivity index (χ0) is 14.5. The van der Waals surface area contributed by atoms with Crippen LogP contribution in [0.3, 0.4) is 0 Å². The van der Waals surface area contributed by atoms with Gasteiger partial charge in [0.1, 0.15) is 5.69 Å². The van der Waals surface area contributed by atoms with Crippen LogP contribution in [0.25, 0.3) is 0 Å². The van der Waals surface area contributed by atoms with Crippen LogP contribution in [0.4, 0.5) is 0 Å². The van der Waals surface area contributed by atoms with Crippen LogP contribution in [-0.2, 0) is 17.8 Å². The lowest BCUT2D eigenvalue weighted by atomic mass is 10.3. The van der Waals surface area contributed by atoms with E-state index in [4.69, 9.17) is 4.74 Å². The normalized spacial score (nSPS) is 10.8. The van der Waals surface area contributed by atoms with Gasteiger partial charge < -0.3 is 14.5 Å². The van der Waals surface area contributed by atoms with Gasteiger partial charge in [-0.15, -0.1) is 0 Å². The lowest BCUT2D eigenvalue weighted by Gasteiger charge is -2.15.